The van der Waals surface area contributed by atoms with Crippen molar-refractivity contribution >= 4 is 5.78 Å². The minimum absolute atomic E-state index is 0.00778. The average Bonchev–Trinajstić information content (AvgIpc) is 3.01. The first kappa shape index (κ1) is 13.1. The SMILES string of the molecule is O=C1CCC(c2ccc(-c3ccn[nH]3)c(CO)c2)CC1. The number of benzene rings is 1. The summed E-state index contributed by atoms with van der Waals surface area (Å²) in [5.41, 5.74) is 4.04. The summed E-state index contributed by atoms with van der Waals surface area (Å²) in [6, 6.07) is 8.10. The molecule has 0 amide bonds. The molecular formula is C16H18N2O2. The van der Waals surface area contributed by atoms with Gasteiger partial charge in [-0.3, -0.25) is 9.89 Å². The minimum Gasteiger partial charge on any atom is -0.392 e. The molecule has 1 saturated carbocycles. The molecule has 2 aromatic rings. The monoisotopic (exact) mass is 270 g/mol. The van der Waals surface area contributed by atoms with Gasteiger partial charge >= 0.3 is 0 Å². The first-order valence-corrected chi connectivity index (χ1v) is 7.03. The number of ketones is 1. The zero-order valence-corrected chi connectivity index (χ0v) is 11.3. The second-order valence-corrected chi connectivity index (χ2v) is 5.36. The molecule has 4 nitrogen and oxygen atoms in total. The van der Waals surface area contributed by atoms with Crippen LogP contribution >= 0.6 is 0 Å². The number of aromatic nitrogens is 2. The number of nitrogens with one attached hydrogen (secondary N) is 1. The second kappa shape index (κ2) is 5.59. The van der Waals surface area contributed by atoms with Crippen LogP contribution in [0.3, 0.4) is 0 Å². The highest BCUT2D eigenvalue weighted by atomic mass is 16.3. The van der Waals surface area contributed by atoms with Crippen molar-refractivity contribution in [2.75, 3.05) is 0 Å². The van der Waals surface area contributed by atoms with Gasteiger partial charge in [0.1, 0.15) is 5.78 Å². The van der Waals surface area contributed by atoms with Crippen molar-refractivity contribution < 1.29 is 9.90 Å². The van der Waals surface area contributed by atoms with E-state index in [1.807, 2.05) is 12.1 Å². The second-order valence-electron chi connectivity index (χ2n) is 5.36. The molecule has 0 atom stereocenters. The highest BCUT2D eigenvalue weighted by molar-refractivity contribution is 5.79. The van der Waals surface area contributed by atoms with Crippen molar-refractivity contribution in [2.24, 2.45) is 0 Å². The number of aliphatic hydroxyl groups is 1. The van der Waals surface area contributed by atoms with E-state index in [0.717, 1.165) is 29.7 Å². The van der Waals surface area contributed by atoms with Gasteiger partial charge in [-0.25, -0.2) is 0 Å². The Balaban J connectivity index is 1.89. The Morgan fingerprint density at radius 1 is 1.25 bits per heavy atom. The molecule has 104 valence electrons. The van der Waals surface area contributed by atoms with Crippen LogP contribution in [0.2, 0.25) is 0 Å². The number of aromatic amines is 1. The third kappa shape index (κ3) is 2.51. The molecule has 0 spiro atoms. The van der Waals surface area contributed by atoms with E-state index in [-0.39, 0.29) is 6.61 Å². The van der Waals surface area contributed by atoms with Gasteiger partial charge < -0.3 is 5.11 Å². The maximum absolute atomic E-state index is 11.3. The van der Waals surface area contributed by atoms with Gasteiger partial charge in [-0.1, -0.05) is 18.2 Å². The van der Waals surface area contributed by atoms with Gasteiger partial charge in [-0.2, -0.15) is 5.10 Å². The lowest BCUT2D eigenvalue weighted by molar-refractivity contribution is -0.120. The maximum Gasteiger partial charge on any atom is 0.132 e. The number of hydrogen-bond donors (Lipinski definition) is 2. The van der Waals surface area contributed by atoms with Crippen LogP contribution in [0.25, 0.3) is 11.3 Å². The summed E-state index contributed by atoms with van der Waals surface area (Å²) in [6.45, 7) is 0.00778. The molecule has 1 aromatic carbocycles. The number of carbonyl (C=O) groups excluding carboxylic acids is 1. The zero-order valence-electron chi connectivity index (χ0n) is 11.3. The van der Waals surface area contributed by atoms with E-state index < -0.39 is 0 Å². The summed E-state index contributed by atoms with van der Waals surface area (Å²) >= 11 is 0. The normalized spacial score (nSPS) is 16.6. The topological polar surface area (TPSA) is 66.0 Å². The molecule has 4 heteroatoms. The number of rotatable bonds is 3. The summed E-state index contributed by atoms with van der Waals surface area (Å²) in [7, 11) is 0. The fourth-order valence-electron chi connectivity index (χ4n) is 2.94. The third-order valence-corrected chi connectivity index (χ3v) is 4.11. The summed E-state index contributed by atoms with van der Waals surface area (Å²) in [4.78, 5) is 11.3. The molecule has 0 bridgehead atoms. The van der Waals surface area contributed by atoms with Crippen molar-refractivity contribution in [3.63, 3.8) is 0 Å². The molecule has 3 rings (SSSR count). The van der Waals surface area contributed by atoms with Crippen LogP contribution < -0.4 is 0 Å². The summed E-state index contributed by atoms with van der Waals surface area (Å²) < 4.78 is 0. The minimum atomic E-state index is 0.00778. The Labute approximate surface area is 117 Å². The Kier molecular flexibility index (Phi) is 3.65. The molecule has 0 aliphatic heterocycles. The highest BCUT2D eigenvalue weighted by Crippen LogP contribution is 2.33. The van der Waals surface area contributed by atoms with Gasteiger partial charge in [0.05, 0.1) is 12.3 Å². The Morgan fingerprint density at radius 3 is 2.70 bits per heavy atom. The summed E-state index contributed by atoms with van der Waals surface area (Å²) in [5, 5.41) is 16.5. The van der Waals surface area contributed by atoms with Crippen LogP contribution in [-0.4, -0.2) is 21.1 Å². The molecule has 0 radical (unpaired) electrons. The van der Waals surface area contributed by atoms with E-state index in [1.54, 1.807) is 6.20 Å². The van der Waals surface area contributed by atoms with Crippen LogP contribution in [0, 0.1) is 0 Å². The number of carbonyl (C=O) groups is 1. The van der Waals surface area contributed by atoms with Crippen molar-refractivity contribution in [3.8, 4) is 11.3 Å². The van der Waals surface area contributed by atoms with Crippen molar-refractivity contribution in [1.29, 1.82) is 0 Å². The fourth-order valence-corrected chi connectivity index (χ4v) is 2.94. The molecule has 1 fully saturated rings. The van der Waals surface area contributed by atoms with Crippen LogP contribution in [0.5, 0.6) is 0 Å². The van der Waals surface area contributed by atoms with Gasteiger partial charge in [-0.05, 0) is 36.0 Å². The first-order chi connectivity index (χ1) is 9.78. The summed E-state index contributed by atoms with van der Waals surface area (Å²) in [6.07, 6.45) is 4.92. The molecule has 1 aliphatic rings. The van der Waals surface area contributed by atoms with Crippen LogP contribution in [0.1, 0.15) is 42.7 Å². The van der Waals surface area contributed by atoms with Crippen LogP contribution in [-0.2, 0) is 11.4 Å². The van der Waals surface area contributed by atoms with E-state index in [4.69, 9.17) is 0 Å². The van der Waals surface area contributed by atoms with E-state index in [1.165, 1.54) is 5.56 Å². The predicted molar refractivity (Wildman–Crippen MR) is 76.2 cm³/mol. The first-order valence-electron chi connectivity index (χ1n) is 7.03. The number of aliphatic hydroxyl groups excluding tert-OH is 1. The zero-order chi connectivity index (χ0) is 13.9. The third-order valence-electron chi connectivity index (χ3n) is 4.11. The molecule has 1 heterocycles. The lowest BCUT2D eigenvalue weighted by Crippen LogP contribution is -2.12. The average molecular weight is 270 g/mol. The molecule has 20 heavy (non-hydrogen) atoms. The predicted octanol–water partition coefficient (Wildman–Crippen LogP) is 2.80. The Bertz CT molecular complexity index is 595. The maximum atomic E-state index is 11.3. The standard InChI is InChI=1S/C16H18N2O2/c19-10-13-9-12(11-1-4-14(20)5-2-11)3-6-15(13)16-7-8-17-18-16/h3,6-9,11,19H,1-2,4-5,10H2,(H,17,18). The van der Waals surface area contributed by atoms with Gasteiger partial charge in [0.25, 0.3) is 0 Å². The van der Waals surface area contributed by atoms with E-state index in [2.05, 4.69) is 22.3 Å². The van der Waals surface area contributed by atoms with Crippen LogP contribution in [0.4, 0.5) is 0 Å². The lowest BCUT2D eigenvalue weighted by Gasteiger charge is -2.22. The highest BCUT2D eigenvalue weighted by Gasteiger charge is 2.21. The van der Waals surface area contributed by atoms with Crippen molar-refractivity contribution in [2.45, 2.75) is 38.2 Å². The van der Waals surface area contributed by atoms with Crippen LogP contribution in [0.15, 0.2) is 30.5 Å². The van der Waals surface area contributed by atoms with Crippen molar-refractivity contribution in [3.05, 3.63) is 41.6 Å². The lowest BCUT2D eigenvalue weighted by atomic mass is 9.82. The van der Waals surface area contributed by atoms with Crippen molar-refractivity contribution in [1.82, 2.24) is 10.2 Å². The molecular weight excluding hydrogens is 252 g/mol. The Hall–Kier alpha value is -1.94. The number of Topliss-reactive ketones (excluding diaryl/α,β-unsaturated/α-hetero) is 1. The molecule has 1 aliphatic carbocycles. The van der Waals surface area contributed by atoms with E-state index in [0.29, 0.717) is 24.5 Å². The molecule has 0 saturated heterocycles. The van der Waals surface area contributed by atoms with Gasteiger partial charge in [0, 0.05) is 24.6 Å². The quantitative estimate of drug-likeness (QED) is 0.901. The number of nitrogens with zero attached hydrogens (tertiary/aromatic N) is 1. The molecule has 0 unspecified atom stereocenters. The Morgan fingerprint density at radius 2 is 2.05 bits per heavy atom. The largest absolute Gasteiger partial charge is 0.392 e. The molecule has 2 N–H and O–H groups in total. The fraction of sp³-hybridized carbons (Fsp3) is 0.375. The summed E-state index contributed by atoms with van der Waals surface area (Å²) in [5.74, 6) is 0.812. The van der Waals surface area contributed by atoms with Gasteiger partial charge in [0.15, 0.2) is 0 Å². The van der Waals surface area contributed by atoms with E-state index in [9.17, 15) is 9.90 Å². The molecule has 1 aromatic heterocycles. The van der Waals surface area contributed by atoms with E-state index >= 15 is 0 Å². The van der Waals surface area contributed by atoms with Gasteiger partial charge in [0.2, 0.25) is 0 Å². The smallest absolute Gasteiger partial charge is 0.132 e. The number of hydrogen-bond acceptors (Lipinski definition) is 3. The number of H-pyrrole nitrogens is 1. The van der Waals surface area contributed by atoms with Gasteiger partial charge in [-0.15, -0.1) is 0 Å².